The molecule has 0 unspecified atom stereocenters. The van der Waals surface area contributed by atoms with Gasteiger partial charge in [0, 0.05) is 13.7 Å². The Morgan fingerprint density at radius 1 is 1.78 bits per heavy atom. The van der Waals surface area contributed by atoms with Crippen LogP contribution in [-0.2, 0) is 4.74 Å². The average molecular weight is 130 g/mol. The Bertz CT molecular complexity index is 107. The molecule has 0 N–H and O–H groups in total. The molecule has 1 aliphatic rings. The van der Waals surface area contributed by atoms with E-state index >= 15 is 0 Å². The predicted octanol–water partition coefficient (Wildman–Crippen LogP) is 0.388. The zero-order valence-electron chi connectivity index (χ0n) is 5.41. The van der Waals surface area contributed by atoms with Gasteiger partial charge < -0.3 is 4.74 Å². The molecule has 0 aromatic rings. The molecule has 4 heteroatoms. The van der Waals surface area contributed by atoms with E-state index in [1.807, 2.05) is 0 Å². The van der Waals surface area contributed by atoms with E-state index in [0.717, 1.165) is 13.0 Å². The van der Waals surface area contributed by atoms with Crippen molar-refractivity contribution in [1.82, 2.24) is 5.01 Å². The predicted molar refractivity (Wildman–Crippen MR) is 32.8 cm³/mol. The van der Waals surface area contributed by atoms with Crippen molar-refractivity contribution in [2.75, 3.05) is 20.2 Å². The number of nitroso groups, excluding NO2 is 1. The van der Waals surface area contributed by atoms with Crippen molar-refractivity contribution in [1.29, 1.82) is 0 Å². The second-order valence-electron chi connectivity index (χ2n) is 2.14. The van der Waals surface area contributed by atoms with Crippen LogP contribution >= 0.6 is 0 Å². The summed E-state index contributed by atoms with van der Waals surface area (Å²) in [5, 5.41) is 4.27. The summed E-state index contributed by atoms with van der Waals surface area (Å²) in [4.78, 5) is 9.89. The first-order valence-corrected chi connectivity index (χ1v) is 2.98. The fourth-order valence-electron chi connectivity index (χ4n) is 0.977. The SMILES string of the molecule is CO[C@@H]1CCN(N=O)C1. The molecule has 1 atom stereocenters. The van der Waals surface area contributed by atoms with Crippen LogP contribution < -0.4 is 0 Å². The lowest BCUT2D eigenvalue weighted by Gasteiger charge is -2.05. The summed E-state index contributed by atoms with van der Waals surface area (Å²) in [5.41, 5.74) is 0. The molecule has 0 aliphatic carbocycles. The molecule has 1 fully saturated rings. The van der Waals surface area contributed by atoms with Gasteiger partial charge in [0.15, 0.2) is 0 Å². The maximum Gasteiger partial charge on any atom is 0.0781 e. The van der Waals surface area contributed by atoms with E-state index in [0.29, 0.717) is 6.54 Å². The number of hydrogen-bond donors (Lipinski definition) is 0. The van der Waals surface area contributed by atoms with Crippen LogP contribution in [0.4, 0.5) is 0 Å². The van der Waals surface area contributed by atoms with E-state index in [9.17, 15) is 4.91 Å². The smallest absolute Gasteiger partial charge is 0.0781 e. The molecule has 0 amide bonds. The van der Waals surface area contributed by atoms with Gasteiger partial charge in [-0.05, 0) is 6.42 Å². The molecule has 9 heavy (non-hydrogen) atoms. The summed E-state index contributed by atoms with van der Waals surface area (Å²) in [6.45, 7) is 1.39. The number of hydrogen-bond acceptors (Lipinski definition) is 3. The van der Waals surface area contributed by atoms with E-state index in [4.69, 9.17) is 4.74 Å². The number of rotatable bonds is 2. The Kier molecular flexibility index (Phi) is 2.00. The quantitative estimate of drug-likeness (QED) is 0.508. The van der Waals surface area contributed by atoms with Crippen molar-refractivity contribution in [3.05, 3.63) is 4.91 Å². The highest BCUT2D eigenvalue weighted by molar-refractivity contribution is 4.72. The highest BCUT2D eigenvalue weighted by atomic mass is 16.5. The van der Waals surface area contributed by atoms with Crippen molar-refractivity contribution in [3.8, 4) is 0 Å². The molecular weight excluding hydrogens is 120 g/mol. The highest BCUT2D eigenvalue weighted by Crippen LogP contribution is 2.10. The molecule has 1 aliphatic heterocycles. The molecule has 1 rings (SSSR count). The molecule has 0 saturated carbocycles. The molecule has 0 spiro atoms. The van der Waals surface area contributed by atoms with Gasteiger partial charge >= 0.3 is 0 Å². The van der Waals surface area contributed by atoms with Gasteiger partial charge in [-0.2, -0.15) is 0 Å². The molecule has 0 aromatic carbocycles. The summed E-state index contributed by atoms with van der Waals surface area (Å²) in [5.74, 6) is 0. The average Bonchev–Trinajstić information content (AvgIpc) is 2.34. The third-order valence-corrected chi connectivity index (χ3v) is 1.57. The molecule has 4 nitrogen and oxygen atoms in total. The number of methoxy groups -OCH3 is 1. The summed E-state index contributed by atoms with van der Waals surface area (Å²) in [6, 6.07) is 0. The van der Waals surface area contributed by atoms with Crippen molar-refractivity contribution >= 4 is 0 Å². The van der Waals surface area contributed by atoms with Crippen molar-refractivity contribution in [2.45, 2.75) is 12.5 Å². The molecule has 1 saturated heterocycles. The highest BCUT2D eigenvalue weighted by Gasteiger charge is 2.20. The molecular formula is C5H10N2O2. The summed E-state index contributed by atoms with van der Waals surface area (Å²) < 4.78 is 5.00. The van der Waals surface area contributed by atoms with E-state index in [1.54, 1.807) is 7.11 Å². The third kappa shape index (κ3) is 1.38. The summed E-state index contributed by atoms with van der Waals surface area (Å²) in [7, 11) is 1.65. The topological polar surface area (TPSA) is 41.9 Å². The van der Waals surface area contributed by atoms with E-state index < -0.39 is 0 Å². The van der Waals surface area contributed by atoms with Crippen LogP contribution in [0.5, 0.6) is 0 Å². The molecule has 0 bridgehead atoms. The van der Waals surface area contributed by atoms with E-state index in [1.165, 1.54) is 5.01 Å². The van der Waals surface area contributed by atoms with Gasteiger partial charge in [-0.3, -0.25) is 5.01 Å². The van der Waals surface area contributed by atoms with Gasteiger partial charge in [-0.25, -0.2) is 0 Å². The zero-order valence-corrected chi connectivity index (χ0v) is 5.41. The lowest BCUT2D eigenvalue weighted by Crippen LogP contribution is -2.16. The van der Waals surface area contributed by atoms with Gasteiger partial charge in [0.2, 0.25) is 0 Å². The van der Waals surface area contributed by atoms with Crippen LogP contribution in [0.3, 0.4) is 0 Å². The van der Waals surface area contributed by atoms with Crippen molar-refractivity contribution in [3.63, 3.8) is 0 Å². The van der Waals surface area contributed by atoms with E-state index in [2.05, 4.69) is 5.29 Å². The normalized spacial score (nSPS) is 26.8. The fourth-order valence-corrected chi connectivity index (χ4v) is 0.977. The number of nitrogens with zero attached hydrogens (tertiary/aromatic N) is 2. The van der Waals surface area contributed by atoms with Gasteiger partial charge in [0.1, 0.15) is 0 Å². The van der Waals surface area contributed by atoms with Gasteiger partial charge in [0.05, 0.1) is 17.9 Å². The minimum absolute atomic E-state index is 0.211. The van der Waals surface area contributed by atoms with Crippen molar-refractivity contribution in [2.24, 2.45) is 5.29 Å². The Morgan fingerprint density at radius 3 is 2.89 bits per heavy atom. The first-order chi connectivity index (χ1) is 4.36. The second kappa shape index (κ2) is 2.77. The summed E-state index contributed by atoms with van der Waals surface area (Å²) >= 11 is 0. The van der Waals surface area contributed by atoms with E-state index in [-0.39, 0.29) is 6.10 Å². The fraction of sp³-hybridized carbons (Fsp3) is 1.00. The van der Waals surface area contributed by atoms with Crippen LogP contribution in [0.25, 0.3) is 0 Å². The van der Waals surface area contributed by atoms with Crippen LogP contribution in [0.15, 0.2) is 5.29 Å². The third-order valence-electron chi connectivity index (χ3n) is 1.57. The minimum Gasteiger partial charge on any atom is -0.379 e. The second-order valence-corrected chi connectivity index (χ2v) is 2.14. The first kappa shape index (κ1) is 6.48. The zero-order chi connectivity index (χ0) is 6.69. The summed E-state index contributed by atoms with van der Waals surface area (Å²) in [6.07, 6.45) is 1.13. The molecule has 0 radical (unpaired) electrons. The van der Waals surface area contributed by atoms with Crippen molar-refractivity contribution < 1.29 is 4.74 Å². The van der Waals surface area contributed by atoms with Crippen LogP contribution in [-0.4, -0.2) is 31.3 Å². The molecule has 0 aromatic heterocycles. The van der Waals surface area contributed by atoms with Crippen LogP contribution in [0.1, 0.15) is 6.42 Å². The monoisotopic (exact) mass is 130 g/mol. The van der Waals surface area contributed by atoms with Gasteiger partial charge in [-0.1, -0.05) is 0 Å². The Balaban J connectivity index is 2.28. The Labute approximate surface area is 53.7 Å². The lowest BCUT2D eigenvalue weighted by atomic mass is 10.3. The largest absolute Gasteiger partial charge is 0.379 e. The van der Waals surface area contributed by atoms with Gasteiger partial charge in [0.25, 0.3) is 0 Å². The molecule has 52 valence electrons. The van der Waals surface area contributed by atoms with Crippen LogP contribution in [0.2, 0.25) is 0 Å². The Morgan fingerprint density at radius 2 is 2.56 bits per heavy atom. The minimum atomic E-state index is 0.211. The molecule has 1 heterocycles. The van der Waals surface area contributed by atoms with Crippen LogP contribution in [0, 0.1) is 4.91 Å². The maximum atomic E-state index is 9.89. The lowest BCUT2D eigenvalue weighted by molar-refractivity contribution is 0.108. The van der Waals surface area contributed by atoms with Gasteiger partial charge in [-0.15, -0.1) is 4.91 Å². The standard InChI is InChI=1S/C5H10N2O2/c1-9-5-2-3-7(4-5)6-8/h5H,2-4H2,1H3/t5-/m1/s1. The Hall–Kier alpha value is -0.640. The maximum absolute atomic E-state index is 9.89. The number of ether oxygens (including phenoxy) is 1. The first-order valence-electron chi connectivity index (χ1n) is 2.98.